The number of rotatable bonds is 33. The van der Waals surface area contributed by atoms with Crippen LogP contribution in [0.4, 0.5) is 21.0 Å². The molecule has 1 aromatic rings. The van der Waals surface area contributed by atoms with Gasteiger partial charge in [0, 0.05) is 96.4 Å². The maximum absolute atomic E-state index is 14.2. The Morgan fingerprint density at radius 1 is 0.600 bits per heavy atom. The largest absolute Gasteiger partial charge is 0.379 e. The number of carbonyl (C=O) groups is 7. The van der Waals surface area contributed by atoms with Gasteiger partial charge in [-0.05, 0) is 90.3 Å². The first-order valence-corrected chi connectivity index (χ1v) is 27.5. The zero-order valence-electron chi connectivity index (χ0n) is 41.7. The number of nitrogens with zero attached hydrogens (tertiary/aromatic N) is 1. The molecule has 21 heteroatoms. The summed E-state index contributed by atoms with van der Waals surface area (Å²) >= 11 is 3.73. The molecule has 6 atom stereocenters. The first kappa shape index (κ1) is 56.6. The zero-order chi connectivity index (χ0) is 50.3. The number of ether oxygens (including phenoxy) is 3. The standard InChI is InChI=1S/C49H79N9O10S2/c1-5-22-66-24-26-68-27-25-67-23-21-58(49(2,3)4)46(63)33-28-34(52-42(61)17-10-11-19-50-40(59)15-8-6-13-38-44-36(31-69-38)54-47(64)56-44)30-35(29-33)53-43(62)18-12-20-51-41(60)16-9-7-14-39-45-37(32-70-39)55-48(65)57-45/h28-30,36-39,44-45H,5-27,31-32H2,1-4H3,(H,50,59)(H,51,60)(H,52,61)(H,53,62)(H2,54,56,64)(H2,55,57,65)/t36-,37-,38-,39-,44-,45-/m0/s1. The van der Waals surface area contributed by atoms with E-state index in [0.717, 1.165) is 56.5 Å². The van der Waals surface area contributed by atoms with Crippen LogP contribution in [0.25, 0.3) is 0 Å². The molecule has 4 saturated heterocycles. The molecule has 8 N–H and O–H groups in total. The van der Waals surface area contributed by atoms with Crippen LogP contribution in [0.2, 0.25) is 0 Å². The van der Waals surface area contributed by atoms with Gasteiger partial charge in [-0.3, -0.25) is 24.0 Å². The van der Waals surface area contributed by atoms with E-state index < -0.39 is 5.54 Å². The molecule has 0 bridgehead atoms. The Hall–Kier alpha value is -4.31. The Labute approximate surface area is 422 Å². The Balaban J connectivity index is 1.05. The predicted octanol–water partition coefficient (Wildman–Crippen LogP) is 4.90. The van der Waals surface area contributed by atoms with Crippen LogP contribution in [-0.2, 0) is 33.4 Å². The predicted molar refractivity (Wildman–Crippen MR) is 274 cm³/mol. The van der Waals surface area contributed by atoms with E-state index in [-0.39, 0.29) is 90.8 Å². The molecule has 4 aliphatic heterocycles. The van der Waals surface area contributed by atoms with Gasteiger partial charge in [0.15, 0.2) is 0 Å². The summed E-state index contributed by atoms with van der Waals surface area (Å²) < 4.78 is 16.8. The quantitative estimate of drug-likeness (QED) is 0.0346. The maximum atomic E-state index is 14.2. The normalized spacial score (nSPS) is 21.2. The van der Waals surface area contributed by atoms with Gasteiger partial charge in [0.2, 0.25) is 23.6 Å². The smallest absolute Gasteiger partial charge is 0.315 e. The lowest BCUT2D eigenvalue weighted by Crippen LogP contribution is -2.47. The Morgan fingerprint density at radius 3 is 1.57 bits per heavy atom. The number of anilines is 2. The molecular formula is C49H79N9O10S2. The first-order chi connectivity index (χ1) is 33.7. The summed E-state index contributed by atoms with van der Waals surface area (Å²) in [6, 6.07) is 5.31. The number of thioether (sulfide) groups is 2. The topological polar surface area (TPSA) is 247 Å². The lowest BCUT2D eigenvalue weighted by Gasteiger charge is -2.36. The molecule has 19 nitrogen and oxygen atoms in total. The Morgan fingerprint density at radius 2 is 1.06 bits per heavy atom. The third-order valence-corrected chi connectivity index (χ3v) is 15.6. The van der Waals surface area contributed by atoms with Crippen LogP contribution >= 0.6 is 23.5 Å². The Kier molecular flexibility index (Phi) is 24.2. The van der Waals surface area contributed by atoms with Gasteiger partial charge in [0.05, 0.1) is 57.2 Å². The Bertz CT molecular complexity index is 1890. The second-order valence-corrected chi connectivity index (χ2v) is 21.9. The molecule has 0 aromatic heterocycles. The molecule has 392 valence electrons. The molecule has 4 heterocycles. The summed E-state index contributed by atoms with van der Waals surface area (Å²) in [6.07, 6.45) is 8.79. The fourth-order valence-corrected chi connectivity index (χ4v) is 12.0. The van der Waals surface area contributed by atoms with Crippen LogP contribution in [0.3, 0.4) is 0 Å². The summed E-state index contributed by atoms with van der Waals surface area (Å²) in [5, 5.41) is 24.3. The highest BCUT2D eigenvalue weighted by molar-refractivity contribution is 8.00. The van der Waals surface area contributed by atoms with Crippen LogP contribution < -0.4 is 42.5 Å². The summed E-state index contributed by atoms with van der Waals surface area (Å²) in [5.41, 5.74) is 0.382. The summed E-state index contributed by atoms with van der Waals surface area (Å²) in [6.45, 7) is 11.6. The molecule has 9 amide bonds. The average molecular weight is 1020 g/mol. The van der Waals surface area contributed by atoms with Crippen molar-refractivity contribution < 1.29 is 47.8 Å². The first-order valence-electron chi connectivity index (χ1n) is 25.4. The van der Waals surface area contributed by atoms with Crippen molar-refractivity contribution in [3.05, 3.63) is 23.8 Å². The van der Waals surface area contributed by atoms with E-state index in [0.29, 0.717) is 107 Å². The van der Waals surface area contributed by atoms with Crippen LogP contribution in [0.15, 0.2) is 18.2 Å². The maximum Gasteiger partial charge on any atom is 0.315 e. The van der Waals surface area contributed by atoms with E-state index in [1.54, 1.807) is 23.1 Å². The molecule has 4 aliphatic rings. The molecule has 0 radical (unpaired) electrons. The number of fused-ring (bicyclic) bond motifs is 2. The zero-order valence-corrected chi connectivity index (χ0v) is 43.4. The second kappa shape index (κ2) is 29.9. The van der Waals surface area contributed by atoms with E-state index >= 15 is 0 Å². The summed E-state index contributed by atoms with van der Waals surface area (Å²) in [4.78, 5) is 90.7. The van der Waals surface area contributed by atoms with E-state index in [4.69, 9.17) is 14.2 Å². The van der Waals surface area contributed by atoms with Gasteiger partial charge < -0.3 is 61.6 Å². The third kappa shape index (κ3) is 19.7. The lowest BCUT2D eigenvalue weighted by atomic mass is 10.0. The van der Waals surface area contributed by atoms with E-state index in [9.17, 15) is 33.6 Å². The minimum atomic E-state index is -0.590. The van der Waals surface area contributed by atoms with Gasteiger partial charge >= 0.3 is 12.1 Å². The number of nitrogens with one attached hydrogen (secondary N) is 8. The SMILES string of the molecule is CCCOCCOCCOCCN(C(=O)c1cc(NC(=O)CCCCNC(=O)CCCC[C@@H]2SC[C@@H]3NC(=O)N[C@@H]32)cc(NC(=O)CCCNC(=O)CCCC[C@@H]2SC[C@@H]3NC(=O)N[C@@H]32)c1)C(C)(C)C. The molecule has 0 aliphatic carbocycles. The molecule has 0 spiro atoms. The van der Waals surface area contributed by atoms with Crippen molar-refractivity contribution >= 4 is 76.5 Å². The van der Waals surface area contributed by atoms with E-state index in [1.165, 1.54) is 0 Å². The van der Waals surface area contributed by atoms with Crippen molar-refractivity contribution in [3.8, 4) is 0 Å². The highest BCUT2D eigenvalue weighted by Crippen LogP contribution is 2.34. The number of hydrogen-bond acceptors (Lipinski definition) is 12. The lowest BCUT2D eigenvalue weighted by molar-refractivity contribution is -0.122. The van der Waals surface area contributed by atoms with Gasteiger partial charge in [-0.25, -0.2) is 9.59 Å². The number of unbranched alkanes of at least 4 members (excludes halogenated alkanes) is 3. The van der Waals surface area contributed by atoms with Crippen molar-refractivity contribution in [3.63, 3.8) is 0 Å². The molecule has 70 heavy (non-hydrogen) atoms. The number of amides is 9. The van der Waals surface area contributed by atoms with Crippen LogP contribution in [-0.4, -0.2) is 157 Å². The highest BCUT2D eigenvalue weighted by atomic mass is 32.2. The number of benzene rings is 1. The highest BCUT2D eigenvalue weighted by Gasteiger charge is 2.43. The van der Waals surface area contributed by atoms with Crippen LogP contribution in [0, 0.1) is 0 Å². The minimum absolute atomic E-state index is 0.0223. The fourth-order valence-electron chi connectivity index (χ4n) is 8.92. The minimum Gasteiger partial charge on any atom is -0.379 e. The second-order valence-electron chi connectivity index (χ2n) is 19.4. The summed E-state index contributed by atoms with van der Waals surface area (Å²) in [5.74, 6) is 0.849. The van der Waals surface area contributed by atoms with Crippen molar-refractivity contribution in [2.75, 3.05) is 81.4 Å². The number of urea groups is 2. The summed E-state index contributed by atoms with van der Waals surface area (Å²) in [7, 11) is 0. The molecule has 5 rings (SSSR count). The fraction of sp³-hybridized carbons (Fsp3) is 0.735. The van der Waals surface area contributed by atoms with Crippen molar-refractivity contribution in [2.24, 2.45) is 0 Å². The average Bonchev–Trinajstić information content (AvgIpc) is 4.08. The van der Waals surface area contributed by atoms with Crippen molar-refractivity contribution in [1.82, 2.24) is 36.8 Å². The third-order valence-electron chi connectivity index (χ3n) is 12.6. The van der Waals surface area contributed by atoms with Gasteiger partial charge in [-0.2, -0.15) is 23.5 Å². The van der Waals surface area contributed by atoms with Crippen molar-refractivity contribution in [2.45, 2.75) is 158 Å². The monoisotopic (exact) mass is 1020 g/mol. The number of carbonyl (C=O) groups excluding carboxylic acids is 7. The number of hydrogen-bond donors (Lipinski definition) is 8. The van der Waals surface area contributed by atoms with Gasteiger partial charge in [-0.15, -0.1) is 0 Å². The van der Waals surface area contributed by atoms with Crippen LogP contribution in [0.1, 0.15) is 128 Å². The van der Waals surface area contributed by atoms with Crippen molar-refractivity contribution in [1.29, 1.82) is 0 Å². The van der Waals surface area contributed by atoms with Crippen LogP contribution in [0.5, 0.6) is 0 Å². The van der Waals surface area contributed by atoms with Gasteiger partial charge in [-0.1, -0.05) is 19.8 Å². The molecule has 1 aromatic carbocycles. The van der Waals surface area contributed by atoms with E-state index in [1.807, 2.05) is 44.3 Å². The van der Waals surface area contributed by atoms with Gasteiger partial charge in [0.25, 0.3) is 5.91 Å². The molecule has 4 fully saturated rings. The van der Waals surface area contributed by atoms with Gasteiger partial charge in [0.1, 0.15) is 0 Å². The molecular weight excluding hydrogens is 939 g/mol. The molecule has 0 unspecified atom stereocenters. The molecule has 0 saturated carbocycles. The van der Waals surface area contributed by atoms with E-state index in [2.05, 4.69) is 49.5 Å².